The van der Waals surface area contributed by atoms with Crippen LogP contribution in [-0.4, -0.2) is 49.6 Å². The summed E-state index contributed by atoms with van der Waals surface area (Å²) in [7, 11) is 0.00107. The Morgan fingerprint density at radius 2 is 1.93 bits per heavy atom. The van der Waals surface area contributed by atoms with Gasteiger partial charge in [0, 0.05) is 32.6 Å². The average Bonchev–Trinajstić information content (AvgIpc) is 2.95. The van der Waals surface area contributed by atoms with Crippen molar-refractivity contribution in [2.45, 2.75) is 25.3 Å². The molecule has 0 aromatic heterocycles. The van der Waals surface area contributed by atoms with Gasteiger partial charge in [0.2, 0.25) is 0 Å². The van der Waals surface area contributed by atoms with Crippen molar-refractivity contribution in [3.63, 3.8) is 0 Å². The molecule has 0 bridgehead atoms. The van der Waals surface area contributed by atoms with E-state index >= 15 is 0 Å². The van der Waals surface area contributed by atoms with Crippen LogP contribution in [-0.2, 0) is 10.2 Å². The van der Waals surface area contributed by atoms with E-state index in [0.717, 1.165) is 12.8 Å². The maximum Gasteiger partial charge on any atom is 0.281 e. The molecule has 1 aliphatic carbocycles. The topological polar surface area (TPSA) is 40.6 Å². The smallest absolute Gasteiger partial charge is 0.195 e. The minimum absolute atomic E-state index is 0.221. The number of alkyl halides is 1. The van der Waals surface area contributed by atoms with Gasteiger partial charge in [-0.2, -0.15) is 17.0 Å². The molecule has 1 aliphatic rings. The van der Waals surface area contributed by atoms with Crippen LogP contribution < -0.4 is 0 Å². The first-order valence-corrected chi connectivity index (χ1v) is 6.68. The molecule has 4 nitrogen and oxygen atoms in total. The van der Waals surface area contributed by atoms with Crippen LogP contribution in [0.4, 0.5) is 0 Å². The number of nitrogens with zero attached hydrogens (tertiary/aromatic N) is 2. The fourth-order valence-corrected chi connectivity index (χ4v) is 2.75. The van der Waals surface area contributed by atoms with Gasteiger partial charge in [-0.05, 0) is 19.3 Å². The lowest BCUT2D eigenvalue weighted by Crippen LogP contribution is -2.41. The van der Waals surface area contributed by atoms with Crippen molar-refractivity contribution < 1.29 is 8.42 Å². The van der Waals surface area contributed by atoms with E-state index in [1.54, 1.807) is 14.1 Å². The van der Waals surface area contributed by atoms with Crippen LogP contribution in [0.1, 0.15) is 19.3 Å². The molecular formula is C8H17ClN2O2S. The third-order valence-electron chi connectivity index (χ3n) is 2.43. The highest BCUT2D eigenvalue weighted by molar-refractivity contribution is 7.86. The Bertz CT molecular complexity index is 277. The molecule has 0 atom stereocenters. The third kappa shape index (κ3) is 2.82. The number of hydrogen-bond donors (Lipinski definition) is 0. The fraction of sp³-hybridized carbons (Fsp3) is 1.00. The summed E-state index contributed by atoms with van der Waals surface area (Å²) in [4.78, 5) is 0. The highest BCUT2D eigenvalue weighted by Crippen LogP contribution is 2.28. The van der Waals surface area contributed by atoms with E-state index < -0.39 is 10.2 Å². The molecule has 0 aromatic carbocycles. The lowest BCUT2D eigenvalue weighted by molar-refractivity contribution is 0.388. The summed E-state index contributed by atoms with van der Waals surface area (Å²) in [5.74, 6) is 0.493. The largest absolute Gasteiger partial charge is 0.281 e. The van der Waals surface area contributed by atoms with Crippen molar-refractivity contribution in [2.75, 3.05) is 26.5 Å². The minimum atomic E-state index is -3.24. The molecule has 14 heavy (non-hydrogen) atoms. The van der Waals surface area contributed by atoms with Crippen LogP contribution in [0.3, 0.4) is 0 Å². The second kappa shape index (κ2) is 4.79. The predicted molar refractivity (Wildman–Crippen MR) is 57.7 cm³/mol. The van der Waals surface area contributed by atoms with Gasteiger partial charge in [0.05, 0.1) is 0 Å². The lowest BCUT2D eigenvalue weighted by atomic mass is 10.5. The molecule has 84 valence electrons. The monoisotopic (exact) mass is 240 g/mol. The van der Waals surface area contributed by atoms with E-state index in [4.69, 9.17) is 11.6 Å². The predicted octanol–water partition coefficient (Wildman–Crippen LogP) is 0.886. The first kappa shape index (κ1) is 12.2. The zero-order chi connectivity index (χ0) is 10.8. The van der Waals surface area contributed by atoms with Crippen LogP contribution in [0, 0.1) is 0 Å². The summed E-state index contributed by atoms with van der Waals surface area (Å²) in [6, 6.07) is 0.221. The normalized spacial score (nSPS) is 18.1. The molecule has 0 spiro atoms. The van der Waals surface area contributed by atoms with Gasteiger partial charge < -0.3 is 0 Å². The Balaban J connectivity index is 2.53. The highest BCUT2D eigenvalue weighted by Gasteiger charge is 2.35. The molecule has 0 unspecified atom stereocenters. The molecule has 1 fully saturated rings. The Labute approximate surface area is 91.0 Å². The van der Waals surface area contributed by atoms with Gasteiger partial charge in [0.25, 0.3) is 10.2 Å². The van der Waals surface area contributed by atoms with Gasteiger partial charge in [0.1, 0.15) is 0 Å². The van der Waals surface area contributed by atoms with Crippen molar-refractivity contribution in [3.05, 3.63) is 0 Å². The second-order valence-electron chi connectivity index (χ2n) is 3.62. The zero-order valence-corrected chi connectivity index (χ0v) is 10.2. The second-order valence-corrected chi connectivity index (χ2v) is 6.09. The summed E-state index contributed by atoms with van der Waals surface area (Å²) >= 11 is 5.52. The molecule has 0 amide bonds. The first-order valence-electron chi connectivity index (χ1n) is 4.75. The van der Waals surface area contributed by atoms with Crippen LogP contribution in [0.15, 0.2) is 0 Å². The first-order chi connectivity index (χ1) is 6.50. The summed E-state index contributed by atoms with van der Waals surface area (Å²) in [6.07, 6.45) is 2.66. The third-order valence-corrected chi connectivity index (χ3v) is 4.69. The van der Waals surface area contributed by atoms with Crippen molar-refractivity contribution in [3.8, 4) is 0 Å². The molecule has 1 rings (SSSR count). The van der Waals surface area contributed by atoms with Crippen molar-refractivity contribution in [1.82, 2.24) is 8.61 Å². The number of rotatable bonds is 6. The van der Waals surface area contributed by atoms with Crippen molar-refractivity contribution >= 4 is 21.8 Å². The van der Waals surface area contributed by atoms with E-state index in [9.17, 15) is 8.42 Å². The Morgan fingerprint density at radius 3 is 2.36 bits per heavy atom. The molecular weight excluding hydrogens is 224 g/mol. The number of halogens is 1. The molecule has 0 heterocycles. The maximum absolute atomic E-state index is 11.8. The van der Waals surface area contributed by atoms with Crippen LogP contribution >= 0.6 is 11.6 Å². The van der Waals surface area contributed by atoms with E-state index in [1.165, 1.54) is 8.61 Å². The Hall–Kier alpha value is 0.160. The van der Waals surface area contributed by atoms with Gasteiger partial charge in [-0.3, -0.25) is 0 Å². The molecule has 0 saturated heterocycles. The van der Waals surface area contributed by atoms with Crippen LogP contribution in [0.2, 0.25) is 0 Å². The lowest BCUT2D eigenvalue weighted by Gasteiger charge is -2.23. The van der Waals surface area contributed by atoms with Gasteiger partial charge in [-0.1, -0.05) is 0 Å². The van der Waals surface area contributed by atoms with Gasteiger partial charge >= 0.3 is 0 Å². The van der Waals surface area contributed by atoms with Gasteiger partial charge in [-0.15, -0.1) is 11.6 Å². The summed E-state index contributed by atoms with van der Waals surface area (Å²) in [5.41, 5.74) is 0. The molecule has 0 aliphatic heterocycles. The summed E-state index contributed by atoms with van der Waals surface area (Å²) < 4.78 is 26.5. The fourth-order valence-electron chi connectivity index (χ4n) is 1.24. The molecule has 6 heteroatoms. The standard InChI is InChI=1S/C8H17ClN2O2S/c1-10(7-3-6-9)14(12,13)11(2)8-4-5-8/h8H,3-7H2,1-2H3. The summed E-state index contributed by atoms with van der Waals surface area (Å²) in [5, 5.41) is 0. The number of hydrogen-bond acceptors (Lipinski definition) is 2. The molecule has 0 radical (unpaired) electrons. The SMILES string of the molecule is CN(CCCCl)S(=O)(=O)N(C)C1CC1. The Kier molecular flexibility index (Phi) is 4.18. The maximum atomic E-state index is 11.8. The van der Waals surface area contributed by atoms with E-state index in [-0.39, 0.29) is 6.04 Å². The Morgan fingerprint density at radius 1 is 1.36 bits per heavy atom. The van der Waals surface area contributed by atoms with Crippen molar-refractivity contribution in [1.29, 1.82) is 0 Å². The van der Waals surface area contributed by atoms with Crippen molar-refractivity contribution in [2.24, 2.45) is 0 Å². The zero-order valence-electron chi connectivity index (χ0n) is 8.61. The van der Waals surface area contributed by atoms with E-state index in [1.807, 2.05) is 0 Å². The quantitative estimate of drug-likeness (QED) is 0.647. The highest BCUT2D eigenvalue weighted by atomic mass is 35.5. The van der Waals surface area contributed by atoms with Gasteiger partial charge in [-0.25, -0.2) is 0 Å². The van der Waals surface area contributed by atoms with E-state index in [2.05, 4.69) is 0 Å². The van der Waals surface area contributed by atoms with E-state index in [0.29, 0.717) is 18.8 Å². The van der Waals surface area contributed by atoms with Crippen LogP contribution in [0.5, 0.6) is 0 Å². The average molecular weight is 241 g/mol. The minimum Gasteiger partial charge on any atom is -0.195 e. The molecule has 0 aromatic rings. The van der Waals surface area contributed by atoms with Gasteiger partial charge in [0.15, 0.2) is 0 Å². The molecule has 1 saturated carbocycles. The van der Waals surface area contributed by atoms with Crippen LogP contribution in [0.25, 0.3) is 0 Å². The summed E-state index contributed by atoms with van der Waals surface area (Å²) in [6.45, 7) is 0.489. The molecule has 0 N–H and O–H groups in total.